The van der Waals surface area contributed by atoms with Crippen molar-refractivity contribution in [3.05, 3.63) is 58.6 Å². The molecule has 0 spiro atoms. The molecule has 3 aromatic rings. The molecule has 146 valence electrons. The van der Waals surface area contributed by atoms with Crippen LogP contribution in [0.15, 0.2) is 57.6 Å². The molecule has 0 aliphatic carbocycles. The maximum atomic E-state index is 11.6. The molecule has 0 aliphatic heterocycles. The van der Waals surface area contributed by atoms with Crippen molar-refractivity contribution < 1.29 is 28.0 Å². The number of carboxylic acids is 1. The molecular weight excluding hydrogens is 495 g/mol. The fourth-order valence-electron chi connectivity index (χ4n) is 2.61. The Morgan fingerprint density at radius 3 is 2.38 bits per heavy atom. The van der Waals surface area contributed by atoms with Crippen LogP contribution in [0.25, 0.3) is 10.8 Å². The van der Waals surface area contributed by atoms with Crippen LogP contribution < -0.4 is 0 Å². The van der Waals surface area contributed by atoms with E-state index in [0.29, 0.717) is 16.3 Å². The zero-order valence-corrected chi connectivity index (χ0v) is 20.0. The number of aromatic hydroxyl groups is 1. The van der Waals surface area contributed by atoms with Gasteiger partial charge in [0.15, 0.2) is 5.75 Å². The predicted octanol–water partition coefficient (Wildman–Crippen LogP) is 4.49. The summed E-state index contributed by atoms with van der Waals surface area (Å²) in [4.78, 5) is 10.9. The number of nitrogens with zero attached hydrogens (tertiary/aromatic N) is 2. The van der Waals surface area contributed by atoms with E-state index in [0.717, 1.165) is 6.07 Å². The molecule has 0 saturated carbocycles. The Bertz CT molecular complexity index is 1260. The van der Waals surface area contributed by atoms with Crippen molar-refractivity contribution in [1.29, 1.82) is 0 Å². The first-order valence-corrected chi connectivity index (χ1v) is 9.58. The van der Waals surface area contributed by atoms with Gasteiger partial charge in [0.2, 0.25) is 0 Å². The number of azo groups is 1. The van der Waals surface area contributed by atoms with E-state index in [9.17, 15) is 28.0 Å². The summed E-state index contributed by atoms with van der Waals surface area (Å²) in [5.41, 5.74) is -0.408. The van der Waals surface area contributed by atoms with Gasteiger partial charge in [-0.15, -0.1) is 10.2 Å². The number of carbonyl (C=O) groups is 1. The Hall–Kier alpha value is -1.53. The zero-order valence-electron chi connectivity index (χ0n) is 15.0. The number of aryl methyl sites for hydroxylation is 1. The number of benzene rings is 3. The Balaban J connectivity index is 0.00000300. The zero-order chi connectivity index (χ0) is 20.6. The van der Waals surface area contributed by atoms with Crippen LogP contribution in [-0.2, 0) is 10.1 Å². The van der Waals surface area contributed by atoms with Gasteiger partial charge >= 0.3 is 5.97 Å². The Morgan fingerprint density at radius 2 is 1.76 bits per heavy atom. The number of fused-ring (bicyclic) bond motifs is 1. The molecule has 29 heavy (non-hydrogen) atoms. The number of hydrogen-bond acceptors (Lipinski definition) is 6. The van der Waals surface area contributed by atoms with Gasteiger partial charge < -0.3 is 10.2 Å². The summed E-state index contributed by atoms with van der Waals surface area (Å²) in [5.74, 6) is -1.99. The normalized spacial score (nSPS) is 11.6. The van der Waals surface area contributed by atoms with Crippen LogP contribution in [0.1, 0.15) is 15.9 Å². The van der Waals surface area contributed by atoms with Crippen molar-refractivity contribution in [3.8, 4) is 5.75 Å². The van der Waals surface area contributed by atoms with Crippen LogP contribution in [-0.4, -0.2) is 74.6 Å². The van der Waals surface area contributed by atoms with Gasteiger partial charge in [0.25, 0.3) is 10.1 Å². The van der Waals surface area contributed by atoms with Gasteiger partial charge in [-0.05, 0) is 36.1 Å². The van der Waals surface area contributed by atoms with Gasteiger partial charge in [-0.2, -0.15) is 8.42 Å². The summed E-state index contributed by atoms with van der Waals surface area (Å²) in [6.45, 7) is 1.55. The fourth-order valence-corrected chi connectivity index (χ4v) is 3.46. The molecule has 0 heterocycles. The summed E-state index contributed by atoms with van der Waals surface area (Å²) in [7, 11) is -4.62. The largest absolute Gasteiger partial charge is 0.505 e. The minimum Gasteiger partial charge on any atom is -0.505 e. The summed E-state index contributed by atoms with van der Waals surface area (Å²) in [5, 5.41) is 28.4. The monoisotopic (exact) mass is 508 g/mol. The second-order valence-corrected chi connectivity index (χ2v) is 7.69. The first-order chi connectivity index (χ1) is 13.1. The van der Waals surface area contributed by atoms with Gasteiger partial charge in [-0.3, -0.25) is 4.55 Å². The van der Waals surface area contributed by atoms with Gasteiger partial charge in [0.05, 0.1) is 0 Å². The van der Waals surface area contributed by atoms with Crippen molar-refractivity contribution in [2.24, 2.45) is 10.2 Å². The molecule has 3 N–H and O–H groups in total. The van der Waals surface area contributed by atoms with Crippen molar-refractivity contribution >= 4 is 95.3 Å². The molecule has 0 aliphatic rings. The van der Waals surface area contributed by atoms with Gasteiger partial charge in [0.1, 0.15) is 21.8 Å². The molecule has 0 fully saturated rings. The average molecular weight is 508 g/mol. The number of hydrogen-bond donors (Lipinski definition) is 3. The molecular formula is C18H13ClN2O6SSr. The van der Waals surface area contributed by atoms with Gasteiger partial charge in [-0.1, -0.05) is 35.9 Å². The van der Waals surface area contributed by atoms with E-state index >= 15 is 0 Å². The smallest absolute Gasteiger partial charge is 0.339 e. The molecule has 0 amide bonds. The van der Waals surface area contributed by atoms with Crippen molar-refractivity contribution in [2.45, 2.75) is 11.8 Å². The Kier molecular flexibility index (Phi) is 7.44. The molecule has 3 rings (SSSR count). The van der Waals surface area contributed by atoms with Crippen LogP contribution in [0.3, 0.4) is 0 Å². The Labute approximate surface area is 207 Å². The SMILES string of the molecule is Cc1cc(S(=O)(=O)O)c(N=Nc2c(O)c(C(=O)O)cc3ccccc23)cc1Cl.[Sr]. The second-order valence-electron chi connectivity index (χ2n) is 5.89. The molecule has 0 aromatic heterocycles. The molecule has 0 saturated heterocycles. The molecule has 0 atom stereocenters. The first kappa shape index (κ1) is 23.7. The maximum Gasteiger partial charge on any atom is 0.339 e. The molecule has 11 heteroatoms. The maximum absolute atomic E-state index is 11.6. The number of carboxylic acid groups (broad SMARTS) is 1. The summed E-state index contributed by atoms with van der Waals surface area (Å²) < 4.78 is 32.7. The number of halogens is 1. The van der Waals surface area contributed by atoms with Gasteiger partial charge in [0, 0.05) is 55.9 Å². The fraction of sp³-hybridized carbons (Fsp3) is 0.0556. The second kappa shape index (κ2) is 9.09. The minimum atomic E-state index is -4.62. The summed E-state index contributed by atoms with van der Waals surface area (Å²) in [6.07, 6.45) is 0. The number of aromatic carboxylic acids is 1. The van der Waals surface area contributed by atoms with Crippen LogP contribution in [0.5, 0.6) is 5.75 Å². The van der Waals surface area contributed by atoms with Gasteiger partial charge in [-0.25, -0.2) is 4.79 Å². The van der Waals surface area contributed by atoms with E-state index in [4.69, 9.17) is 11.6 Å². The molecule has 0 bridgehead atoms. The Morgan fingerprint density at radius 1 is 1.10 bits per heavy atom. The van der Waals surface area contributed by atoms with Crippen LogP contribution >= 0.6 is 11.6 Å². The van der Waals surface area contributed by atoms with Crippen LogP contribution in [0, 0.1) is 6.92 Å². The van der Waals surface area contributed by atoms with E-state index in [-0.39, 0.29) is 67.4 Å². The average Bonchev–Trinajstić information content (AvgIpc) is 2.61. The van der Waals surface area contributed by atoms with E-state index in [2.05, 4.69) is 10.2 Å². The third-order valence-corrected chi connectivity index (χ3v) is 5.29. The predicted molar refractivity (Wildman–Crippen MR) is 109 cm³/mol. The third kappa shape index (κ3) is 4.97. The van der Waals surface area contributed by atoms with E-state index in [1.54, 1.807) is 31.2 Å². The van der Waals surface area contributed by atoms with Crippen molar-refractivity contribution in [2.75, 3.05) is 0 Å². The molecule has 8 nitrogen and oxygen atoms in total. The number of rotatable bonds is 4. The minimum absolute atomic E-state index is 0. The first-order valence-electron chi connectivity index (χ1n) is 7.77. The molecule has 3 aromatic carbocycles. The molecule has 2 radical (unpaired) electrons. The van der Waals surface area contributed by atoms with Crippen molar-refractivity contribution in [1.82, 2.24) is 0 Å². The third-order valence-electron chi connectivity index (χ3n) is 4.00. The standard InChI is InChI=1S/C18H13ClN2O6S.Sr/c1-9-6-15(28(25,26)27)14(8-13(9)19)20-21-16-11-5-3-2-4-10(11)7-12(17(16)22)18(23)24;/h2-8,22H,1H3,(H,23,24)(H,25,26,27);. The van der Waals surface area contributed by atoms with E-state index in [1.165, 1.54) is 12.1 Å². The number of phenols is 1. The quantitative estimate of drug-likeness (QED) is 0.270. The van der Waals surface area contributed by atoms with E-state index < -0.39 is 26.7 Å². The van der Waals surface area contributed by atoms with E-state index in [1.807, 2.05) is 0 Å². The van der Waals surface area contributed by atoms with Crippen LogP contribution in [0.4, 0.5) is 11.4 Å². The molecule has 0 unspecified atom stereocenters. The van der Waals surface area contributed by atoms with Crippen molar-refractivity contribution in [3.63, 3.8) is 0 Å². The summed E-state index contributed by atoms with van der Waals surface area (Å²) >= 11 is 6.01. The van der Waals surface area contributed by atoms with Crippen LogP contribution in [0.2, 0.25) is 5.02 Å². The topological polar surface area (TPSA) is 137 Å². The summed E-state index contributed by atoms with van der Waals surface area (Å²) in [6, 6.07) is 10.2.